The standard InChI is InChI=1S/C18H20FNO4S/c1-13(16-9-4-5-10-17(16)24-3)20(2)18(21)12-25(22,23)15-8-6-7-14(19)11-15/h4-11,13H,12H2,1-3H3. The molecule has 0 aromatic heterocycles. The molecule has 0 saturated heterocycles. The zero-order valence-electron chi connectivity index (χ0n) is 14.3. The average Bonchev–Trinajstić information content (AvgIpc) is 2.60. The van der Waals surface area contributed by atoms with E-state index < -0.39 is 27.3 Å². The first-order valence-corrected chi connectivity index (χ1v) is 9.28. The van der Waals surface area contributed by atoms with Crippen molar-refractivity contribution in [3.8, 4) is 5.75 Å². The third kappa shape index (κ3) is 4.36. The van der Waals surface area contributed by atoms with Crippen LogP contribution < -0.4 is 4.74 Å². The van der Waals surface area contributed by atoms with Crippen molar-refractivity contribution in [1.29, 1.82) is 0 Å². The predicted octanol–water partition coefficient (Wildman–Crippen LogP) is 2.83. The molecule has 0 fully saturated rings. The van der Waals surface area contributed by atoms with Gasteiger partial charge in [0.25, 0.3) is 0 Å². The number of rotatable bonds is 6. The zero-order valence-corrected chi connectivity index (χ0v) is 15.1. The van der Waals surface area contributed by atoms with Crippen LogP contribution >= 0.6 is 0 Å². The number of sulfone groups is 1. The molecule has 2 rings (SSSR count). The summed E-state index contributed by atoms with van der Waals surface area (Å²) in [5, 5.41) is 0. The second kappa shape index (κ2) is 7.65. The molecule has 0 heterocycles. The first-order chi connectivity index (χ1) is 11.8. The van der Waals surface area contributed by atoms with Crippen LogP contribution in [0.2, 0.25) is 0 Å². The zero-order chi connectivity index (χ0) is 18.6. The van der Waals surface area contributed by atoms with Crippen LogP contribution in [-0.4, -0.2) is 39.1 Å². The largest absolute Gasteiger partial charge is 0.496 e. The number of nitrogens with zero attached hydrogens (tertiary/aromatic N) is 1. The van der Waals surface area contributed by atoms with Crippen molar-refractivity contribution in [1.82, 2.24) is 4.90 Å². The maximum atomic E-state index is 13.3. The van der Waals surface area contributed by atoms with Crippen molar-refractivity contribution >= 4 is 15.7 Å². The van der Waals surface area contributed by atoms with Crippen LogP contribution in [0, 0.1) is 5.82 Å². The van der Waals surface area contributed by atoms with Gasteiger partial charge in [-0.05, 0) is 31.2 Å². The van der Waals surface area contributed by atoms with Gasteiger partial charge in [-0.3, -0.25) is 4.79 Å². The lowest BCUT2D eigenvalue weighted by Crippen LogP contribution is -2.34. The Morgan fingerprint density at radius 1 is 1.20 bits per heavy atom. The summed E-state index contributed by atoms with van der Waals surface area (Å²) in [4.78, 5) is 13.6. The highest BCUT2D eigenvalue weighted by molar-refractivity contribution is 7.92. The molecule has 1 amide bonds. The Hall–Kier alpha value is -2.41. The van der Waals surface area contributed by atoms with Gasteiger partial charge in [0, 0.05) is 12.6 Å². The van der Waals surface area contributed by atoms with Crippen molar-refractivity contribution in [3.63, 3.8) is 0 Å². The number of amides is 1. The highest BCUT2D eigenvalue weighted by Crippen LogP contribution is 2.28. The first-order valence-electron chi connectivity index (χ1n) is 7.63. The molecular weight excluding hydrogens is 345 g/mol. The Balaban J connectivity index is 2.19. The Morgan fingerprint density at radius 2 is 1.88 bits per heavy atom. The van der Waals surface area contributed by atoms with E-state index in [1.165, 1.54) is 31.2 Å². The average molecular weight is 365 g/mol. The van der Waals surface area contributed by atoms with Crippen LogP contribution in [0.3, 0.4) is 0 Å². The fraction of sp³-hybridized carbons (Fsp3) is 0.278. The highest BCUT2D eigenvalue weighted by Gasteiger charge is 2.26. The fourth-order valence-electron chi connectivity index (χ4n) is 2.44. The molecular formula is C18H20FNO4S. The molecule has 0 aliphatic carbocycles. The van der Waals surface area contributed by atoms with Crippen molar-refractivity contribution < 1.29 is 22.3 Å². The summed E-state index contributed by atoms with van der Waals surface area (Å²) < 4.78 is 43.2. The summed E-state index contributed by atoms with van der Waals surface area (Å²) in [7, 11) is -0.863. The minimum absolute atomic E-state index is 0.209. The minimum atomic E-state index is -3.92. The lowest BCUT2D eigenvalue weighted by molar-refractivity contribution is -0.129. The summed E-state index contributed by atoms with van der Waals surface area (Å²) >= 11 is 0. The van der Waals surface area contributed by atoms with Gasteiger partial charge < -0.3 is 9.64 Å². The molecule has 0 spiro atoms. The number of methoxy groups -OCH3 is 1. The SMILES string of the molecule is COc1ccccc1C(C)N(C)C(=O)CS(=O)(=O)c1cccc(F)c1. The second-order valence-electron chi connectivity index (χ2n) is 5.64. The van der Waals surface area contributed by atoms with Gasteiger partial charge in [0.15, 0.2) is 9.84 Å². The topological polar surface area (TPSA) is 63.7 Å². The molecule has 1 atom stereocenters. The van der Waals surface area contributed by atoms with Crippen LogP contribution in [0.25, 0.3) is 0 Å². The van der Waals surface area contributed by atoms with Crippen molar-refractivity contribution in [2.75, 3.05) is 19.9 Å². The summed E-state index contributed by atoms with van der Waals surface area (Å²) in [6, 6.07) is 11.5. The maximum Gasteiger partial charge on any atom is 0.238 e. The maximum absolute atomic E-state index is 13.3. The van der Waals surface area contributed by atoms with Crippen LogP contribution in [0.15, 0.2) is 53.4 Å². The lowest BCUT2D eigenvalue weighted by Gasteiger charge is -2.26. The van der Waals surface area contributed by atoms with Gasteiger partial charge in [-0.15, -0.1) is 0 Å². The Kier molecular flexibility index (Phi) is 5.79. The second-order valence-corrected chi connectivity index (χ2v) is 7.63. The van der Waals surface area contributed by atoms with Gasteiger partial charge in [0.05, 0.1) is 18.0 Å². The molecule has 0 aliphatic heterocycles. The molecule has 5 nitrogen and oxygen atoms in total. The van der Waals surface area contributed by atoms with Crippen LogP contribution in [-0.2, 0) is 14.6 Å². The van der Waals surface area contributed by atoms with E-state index in [2.05, 4.69) is 0 Å². The third-order valence-electron chi connectivity index (χ3n) is 4.03. The minimum Gasteiger partial charge on any atom is -0.496 e. The van der Waals surface area contributed by atoms with Crippen molar-refractivity contribution in [2.24, 2.45) is 0 Å². The Bertz CT molecular complexity index is 867. The van der Waals surface area contributed by atoms with E-state index in [0.717, 1.165) is 17.7 Å². The molecule has 0 radical (unpaired) electrons. The summed E-state index contributed by atoms with van der Waals surface area (Å²) in [5.74, 6) is -1.36. The number of carbonyl (C=O) groups excluding carboxylic acids is 1. The first kappa shape index (κ1) is 18.9. The van der Waals surface area contributed by atoms with Gasteiger partial charge in [0.1, 0.15) is 17.3 Å². The molecule has 25 heavy (non-hydrogen) atoms. The van der Waals surface area contributed by atoms with Gasteiger partial charge in [-0.25, -0.2) is 12.8 Å². The molecule has 7 heteroatoms. The number of hydrogen-bond acceptors (Lipinski definition) is 4. The van der Waals surface area contributed by atoms with E-state index in [1.54, 1.807) is 13.0 Å². The van der Waals surface area contributed by atoms with E-state index >= 15 is 0 Å². The normalized spacial score (nSPS) is 12.5. The number of ether oxygens (including phenoxy) is 1. The van der Waals surface area contributed by atoms with E-state index in [9.17, 15) is 17.6 Å². The summed E-state index contributed by atoms with van der Waals surface area (Å²) in [6.45, 7) is 1.78. The van der Waals surface area contributed by atoms with Crippen molar-refractivity contribution in [2.45, 2.75) is 17.9 Å². The number of hydrogen-bond donors (Lipinski definition) is 0. The number of benzene rings is 2. The van der Waals surface area contributed by atoms with E-state index in [0.29, 0.717) is 5.75 Å². The molecule has 2 aromatic rings. The smallest absolute Gasteiger partial charge is 0.238 e. The van der Waals surface area contributed by atoms with E-state index in [4.69, 9.17) is 4.74 Å². The van der Waals surface area contributed by atoms with Gasteiger partial charge >= 0.3 is 0 Å². The molecule has 0 N–H and O–H groups in total. The number of halogens is 1. The molecule has 0 bridgehead atoms. The highest BCUT2D eigenvalue weighted by atomic mass is 32.2. The van der Waals surface area contributed by atoms with Gasteiger partial charge in [-0.2, -0.15) is 0 Å². The summed E-state index contributed by atoms with van der Waals surface area (Å²) in [5.41, 5.74) is 0.768. The van der Waals surface area contributed by atoms with E-state index in [1.807, 2.05) is 18.2 Å². The quantitative estimate of drug-likeness (QED) is 0.790. The van der Waals surface area contributed by atoms with Gasteiger partial charge in [0.2, 0.25) is 5.91 Å². The molecule has 2 aromatic carbocycles. The Morgan fingerprint density at radius 3 is 2.52 bits per heavy atom. The lowest BCUT2D eigenvalue weighted by atomic mass is 10.1. The predicted molar refractivity (Wildman–Crippen MR) is 92.6 cm³/mol. The third-order valence-corrected chi connectivity index (χ3v) is 5.63. The van der Waals surface area contributed by atoms with Crippen LogP contribution in [0.1, 0.15) is 18.5 Å². The Labute approximate surface area is 147 Å². The number of para-hydroxylation sites is 1. The number of carbonyl (C=O) groups is 1. The van der Waals surface area contributed by atoms with Crippen LogP contribution in [0.5, 0.6) is 5.75 Å². The summed E-state index contributed by atoms with van der Waals surface area (Å²) in [6.07, 6.45) is 0. The fourth-order valence-corrected chi connectivity index (χ4v) is 3.72. The molecule has 1 unspecified atom stereocenters. The van der Waals surface area contributed by atoms with Gasteiger partial charge in [-0.1, -0.05) is 24.3 Å². The van der Waals surface area contributed by atoms with Crippen LogP contribution in [0.4, 0.5) is 4.39 Å². The van der Waals surface area contributed by atoms with E-state index in [-0.39, 0.29) is 10.9 Å². The monoisotopic (exact) mass is 365 g/mol. The van der Waals surface area contributed by atoms with Crippen molar-refractivity contribution in [3.05, 3.63) is 59.9 Å². The molecule has 134 valence electrons. The molecule has 0 saturated carbocycles. The molecule has 0 aliphatic rings.